The van der Waals surface area contributed by atoms with E-state index in [2.05, 4.69) is 16.4 Å². The van der Waals surface area contributed by atoms with Crippen molar-refractivity contribution in [3.63, 3.8) is 0 Å². The molecule has 0 unspecified atom stereocenters. The zero-order valence-electron chi connectivity index (χ0n) is 18.7. The number of benzene rings is 1. The van der Waals surface area contributed by atoms with E-state index in [0.717, 1.165) is 5.56 Å². The third-order valence-electron chi connectivity index (χ3n) is 4.79. The van der Waals surface area contributed by atoms with E-state index in [9.17, 15) is 19.5 Å². The van der Waals surface area contributed by atoms with E-state index in [1.165, 1.54) is 6.08 Å². The van der Waals surface area contributed by atoms with Crippen LogP contribution in [0.25, 0.3) is 0 Å². The van der Waals surface area contributed by atoms with Crippen LogP contribution in [0.5, 0.6) is 0 Å². The Balaban J connectivity index is 2.03. The fourth-order valence-electron chi connectivity index (χ4n) is 3.47. The molecular weight excluding hydrogens is 414 g/mol. The molecule has 3 atom stereocenters. The van der Waals surface area contributed by atoms with Gasteiger partial charge in [-0.2, -0.15) is 0 Å². The summed E-state index contributed by atoms with van der Waals surface area (Å²) in [6, 6.07) is 8.67. The van der Waals surface area contributed by atoms with Crippen molar-refractivity contribution >= 4 is 18.1 Å². The molecule has 32 heavy (non-hydrogen) atoms. The lowest BCUT2D eigenvalue weighted by atomic mass is 10.2. The maximum absolute atomic E-state index is 12.4. The van der Waals surface area contributed by atoms with Crippen LogP contribution in [0.1, 0.15) is 39.2 Å². The van der Waals surface area contributed by atoms with Crippen molar-refractivity contribution in [2.45, 2.75) is 64.1 Å². The van der Waals surface area contributed by atoms with Gasteiger partial charge in [0.05, 0.1) is 12.8 Å². The highest BCUT2D eigenvalue weighted by atomic mass is 16.6. The maximum Gasteiger partial charge on any atom is 0.408 e. The highest BCUT2D eigenvalue weighted by Gasteiger charge is 2.37. The fourth-order valence-corrected chi connectivity index (χ4v) is 3.47. The Kier molecular flexibility index (Phi) is 9.50. The standard InChI is InChI=1S/C23H31N3O6/c1-23(2,3)32-22(30)24-18-13-19(15-28)26(14-18)20(11-7-8-12-27)25-21(29)31-16-17-9-5-4-6-10-17/h4-7,9-10,18-20,28H,11,13-16H2,1-3H3,(H,24,30)(H,25,29)/t18-,19-,20-/m0/s1. The number of carbonyl (C=O) groups excluding carboxylic acids is 3. The summed E-state index contributed by atoms with van der Waals surface area (Å²) in [7, 11) is 0. The quantitative estimate of drug-likeness (QED) is 0.414. The summed E-state index contributed by atoms with van der Waals surface area (Å²) in [4.78, 5) is 36.9. The molecule has 174 valence electrons. The van der Waals surface area contributed by atoms with E-state index in [-0.39, 0.29) is 31.7 Å². The van der Waals surface area contributed by atoms with E-state index in [1.807, 2.05) is 35.2 Å². The van der Waals surface area contributed by atoms with Gasteiger partial charge in [0.1, 0.15) is 12.2 Å². The lowest BCUT2D eigenvalue weighted by Gasteiger charge is -2.31. The van der Waals surface area contributed by atoms with Gasteiger partial charge in [0.25, 0.3) is 0 Å². The van der Waals surface area contributed by atoms with Crippen LogP contribution in [-0.2, 0) is 20.9 Å². The molecule has 2 rings (SSSR count). The zero-order chi connectivity index (χ0) is 23.6. The molecule has 3 N–H and O–H groups in total. The van der Waals surface area contributed by atoms with Crippen molar-refractivity contribution in [1.82, 2.24) is 15.5 Å². The van der Waals surface area contributed by atoms with Crippen LogP contribution < -0.4 is 10.6 Å². The average molecular weight is 446 g/mol. The van der Waals surface area contributed by atoms with Crippen LogP contribution in [-0.4, -0.2) is 65.1 Å². The highest BCUT2D eigenvalue weighted by molar-refractivity contribution is 5.68. The smallest absolute Gasteiger partial charge is 0.408 e. The van der Waals surface area contributed by atoms with Crippen LogP contribution in [0.4, 0.5) is 9.59 Å². The van der Waals surface area contributed by atoms with E-state index < -0.39 is 24.0 Å². The van der Waals surface area contributed by atoms with Crippen LogP contribution in [0.3, 0.4) is 0 Å². The number of aliphatic hydroxyl groups is 1. The van der Waals surface area contributed by atoms with Gasteiger partial charge in [-0.05, 0) is 44.6 Å². The minimum Gasteiger partial charge on any atom is -0.445 e. The molecule has 9 heteroatoms. The minimum atomic E-state index is -0.637. The van der Waals surface area contributed by atoms with Crippen molar-refractivity contribution in [3.05, 3.63) is 47.7 Å². The summed E-state index contributed by atoms with van der Waals surface area (Å²) in [6.07, 6.45) is 0.407. The first-order valence-corrected chi connectivity index (χ1v) is 10.5. The first-order valence-electron chi connectivity index (χ1n) is 10.5. The third-order valence-corrected chi connectivity index (χ3v) is 4.79. The molecule has 1 aromatic rings. The van der Waals surface area contributed by atoms with E-state index in [1.54, 1.807) is 26.7 Å². The van der Waals surface area contributed by atoms with Crippen LogP contribution in [0, 0.1) is 0 Å². The molecule has 2 amide bonds. The normalized spacial score (nSPS) is 19.2. The monoisotopic (exact) mass is 445 g/mol. The van der Waals surface area contributed by atoms with Crippen molar-refractivity contribution in [3.8, 4) is 0 Å². The molecule has 0 saturated carbocycles. The summed E-state index contributed by atoms with van der Waals surface area (Å²) in [5.41, 5.74) is 2.55. The van der Waals surface area contributed by atoms with Crippen molar-refractivity contribution < 1.29 is 29.0 Å². The van der Waals surface area contributed by atoms with Crippen molar-refractivity contribution in [2.24, 2.45) is 0 Å². The second kappa shape index (κ2) is 12.1. The summed E-state index contributed by atoms with van der Waals surface area (Å²) in [6.45, 7) is 5.63. The number of ether oxygens (including phenoxy) is 2. The molecule has 0 radical (unpaired) electrons. The molecule has 1 aromatic carbocycles. The minimum absolute atomic E-state index is 0.107. The first kappa shape index (κ1) is 25.2. The fraction of sp³-hybridized carbons (Fsp3) is 0.522. The molecule has 0 spiro atoms. The Morgan fingerprint density at radius 3 is 2.62 bits per heavy atom. The number of hydrogen-bond acceptors (Lipinski definition) is 7. The predicted octanol–water partition coefficient (Wildman–Crippen LogP) is 2.13. The SMILES string of the molecule is CC(C)(C)OC(=O)N[C@H]1C[C@@H](CO)N([C@@H](CC=C=C=O)NC(=O)OCc2ccccc2)C1. The van der Waals surface area contributed by atoms with Gasteiger partial charge in [0, 0.05) is 25.0 Å². The van der Waals surface area contributed by atoms with Crippen LogP contribution in [0.2, 0.25) is 0 Å². The van der Waals surface area contributed by atoms with E-state index in [0.29, 0.717) is 13.0 Å². The second-order valence-electron chi connectivity index (χ2n) is 8.52. The van der Waals surface area contributed by atoms with Gasteiger partial charge >= 0.3 is 12.2 Å². The molecule has 1 aliphatic heterocycles. The van der Waals surface area contributed by atoms with Gasteiger partial charge in [0.2, 0.25) is 0 Å². The van der Waals surface area contributed by atoms with Gasteiger partial charge in [-0.25, -0.2) is 14.4 Å². The first-order chi connectivity index (χ1) is 15.2. The van der Waals surface area contributed by atoms with Crippen LogP contribution >= 0.6 is 0 Å². The molecule has 1 saturated heterocycles. The van der Waals surface area contributed by atoms with Gasteiger partial charge in [0.15, 0.2) is 5.94 Å². The molecule has 9 nitrogen and oxygen atoms in total. The summed E-state index contributed by atoms with van der Waals surface area (Å²) < 4.78 is 10.6. The van der Waals surface area contributed by atoms with Crippen molar-refractivity contribution in [1.29, 1.82) is 0 Å². The number of carbonyl (C=O) groups is 2. The van der Waals surface area contributed by atoms with Crippen molar-refractivity contribution in [2.75, 3.05) is 13.2 Å². The number of hydrogen-bond donors (Lipinski definition) is 3. The number of likely N-dealkylation sites (tertiary alicyclic amines) is 1. The number of nitrogens with zero attached hydrogens (tertiary/aromatic N) is 1. The zero-order valence-corrected chi connectivity index (χ0v) is 18.7. The molecule has 1 aliphatic rings. The lowest BCUT2D eigenvalue weighted by molar-refractivity contribution is 0.0501. The Hall–Kier alpha value is -3.09. The number of alkyl carbamates (subject to hydrolysis) is 2. The largest absolute Gasteiger partial charge is 0.445 e. The molecular formula is C23H31N3O6. The number of nitrogens with one attached hydrogen (secondary N) is 2. The molecule has 1 heterocycles. The summed E-state index contributed by atoms with van der Waals surface area (Å²) >= 11 is 0. The Morgan fingerprint density at radius 2 is 2.00 bits per heavy atom. The topological polar surface area (TPSA) is 117 Å². The summed E-state index contributed by atoms with van der Waals surface area (Å²) in [5.74, 6) is 1.55. The van der Waals surface area contributed by atoms with Gasteiger partial charge in [-0.15, -0.1) is 0 Å². The molecule has 0 aliphatic carbocycles. The maximum atomic E-state index is 12.4. The van der Waals surface area contributed by atoms with Gasteiger partial charge in [-0.1, -0.05) is 30.3 Å². The highest BCUT2D eigenvalue weighted by Crippen LogP contribution is 2.22. The molecule has 0 bridgehead atoms. The predicted molar refractivity (Wildman–Crippen MR) is 117 cm³/mol. The number of rotatable bonds is 8. The molecule has 0 aromatic heterocycles. The Morgan fingerprint density at radius 1 is 1.28 bits per heavy atom. The Bertz CT molecular complexity index is 841. The van der Waals surface area contributed by atoms with Gasteiger partial charge in [-0.3, -0.25) is 4.90 Å². The number of amides is 2. The van der Waals surface area contributed by atoms with Gasteiger partial charge < -0.3 is 25.2 Å². The van der Waals surface area contributed by atoms with E-state index >= 15 is 0 Å². The number of aliphatic hydroxyl groups excluding tert-OH is 1. The Labute approximate surface area is 188 Å². The average Bonchev–Trinajstić information content (AvgIpc) is 3.13. The van der Waals surface area contributed by atoms with E-state index in [4.69, 9.17) is 9.47 Å². The summed E-state index contributed by atoms with van der Waals surface area (Å²) in [5, 5.41) is 15.4. The second-order valence-corrected chi connectivity index (χ2v) is 8.52. The lowest BCUT2D eigenvalue weighted by Crippen LogP contribution is -2.51. The molecule has 1 fully saturated rings. The van der Waals surface area contributed by atoms with Crippen LogP contribution in [0.15, 0.2) is 42.1 Å². The third kappa shape index (κ3) is 8.57.